The van der Waals surface area contributed by atoms with Gasteiger partial charge in [0.2, 0.25) is 5.85 Å². The van der Waals surface area contributed by atoms with E-state index in [1.807, 2.05) is 36.4 Å². The van der Waals surface area contributed by atoms with Crippen LogP contribution in [0.2, 0.25) is 0 Å². The van der Waals surface area contributed by atoms with E-state index < -0.39 is 5.85 Å². The van der Waals surface area contributed by atoms with Crippen molar-refractivity contribution in [2.45, 2.75) is 12.3 Å². The first kappa shape index (κ1) is 11.6. The third-order valence-electron chi connectivity index (χ3n) is 2.64. The SMILES string of the molecule is COC1(F)CC=CC(Br)=C1c1ccccc1. The van der Waals surface area contributed by atoms with Gasteiger partial charge in [-0.3, -0.25) is 0 Å². The van der Waals surface area contributed by atoms with E-state index in [9.17, 15) is 4.39 Å². The van der Waals surface area contributed by atoms with E-state index in [1.165, 1.54) is 7.11 Å². The average molecular weight is 283 g/mol. The van der Waals surface area contributed by atoms with Gasteiger partial charge in [-0.1, -0.05) is 58.4 Å². The van der Waals surface area contributed by atoms with Gasteiger partial charge in [-0.2, -0.15) is 0 Å². The fraction of sp³-hybridized carbons (Fsp3) is 0.231. The summed E-state index contributed by atoms with van der Waals surface area (Å²) in [4.78, 5) is 0. The zero-order chi connectivity index (χ0) is 11.6. The number of hydrogen-bond acceptors (Lipinski definition) is 1. The number of hydrogen-bond donors (Lipinski definition) is 0. The molecule has 1 aromatic rings. The molecule has 16 heavy (non-hydrogen) atoms. The van der Waals surface area contributed by atoms with Gasteiger partial charge in [-0.05, 0) is 5.56 Å². The van der Waals surface area contributed by atoms with Crippen LogP contribution in [0.1, 0.15) is 12.0 Å². The fourth-order valence-corrected chi connectivity index (χ4v) is 2.53. The number of ether oxygens (including phenoxy) is 1. The highest BCUT2D eigenvalue weighted by atomic mass is 79.9. The molecule has 1 nitrogen and oxygen atoms in total. The Kier molecular flexibility index (Phi) is 3.26. The van der Waals surface area contributed by atoms with Crippen molar-refractivity contribution in [3.63, 3.8) is 0 Å². The molecule has 0 amide bonds. The number of halogens is 2. The third-order valence-corrected chi connectivity index (χ3v) is 3.30. The summed E-state index contributed by atoms with van der Waals surface area (Å²) in [5.74, 6) is -1.74. The van der Waals surface area contributed by atoms with Gasteiger partial charge >= 0.3 is 0 Å². The molecule has 1 atom stereocenters. The van der Waals surface area contributed by atoms with Gasteiger partial charge in [0, 0.05) is 23.6 Å². The maximum absolute atomic E-state index is 14.5. The molecule has 0 N–H and O–H groups in total. The normalized spacial score (nSPS) is 24.9. The van der Waals surface area contributed by atoms with Crippen molar-refractivity contribution >= 4 is 21.5 Å². The molecule has 84 valence electrons. The van der Waals surface area contributed by atoms with Gasteiger partial charge in [0.1, 0.15) is 0 Å². The van der Waals surface area contributed by atoms with Crippen molar-refractivity contribution in [3.05, 3.63) is 52.5 Å². The van der Waals surface area contributed by atoms with Crippen LogP contribution in [0.4, 0.5) is 4.39 Å². The molecule has 0 spiro atoms. The maximum atomic E-state index is 14.5. The van der Waals surface area contributed by atoms with Crippen molar-refractivity contribution < 1.29 is 9.13 Å². The number of rotatable bonds is 2. The minimum Gasteiger partial charge on any atom is -0.345 e. The Bertz CT molecular complexity index is 439. The van der Waals surface area contributed by atoms with E-state index in [0.717, 1.165) is 10.0 Å². The largest absolute Gasteiger partial charge is 0.345 e. The molecule has 1 aliphatic carbocycles. The van der Waals surface area contributed by atoms with Gasteiger partial charge < -0.3 is 4.74 Å². The second-order valence-corrected chi connectivity index (χ2v) is 4.48. The van der Waals surface area contributed by atoms with Crippen LogP contribution in [0.15, 0.2) is 47.0 Å². The van der Waals surface area contributed by atoms with Crippen molar-refractivity contribution in [1.82, 2.24) is 0 Å². The van der Waals surface area contributed by atoms with Crippen LogP contribution in [0, 0.1) is 0 Å². The van der Waals surface area contributed by atoms with Gasteiger partial charge in [0.15, 0.2) is 0 Å². The van der Waals surface area contributed by atoms with E-state index in [1.54, 1.807) is 6.08 Å². The van der Waals surface area contributed by atoms with Crippen molar-refractivity contribution in [1.29, 1.82) is 0 Å². The zero-order valence-corrected chi connectivity index (χ0v) is 10.5. The Balaban J connectivity index is 2.54. The summed E-state index contributed by atoms with van der Waals surface area (Å²) in [6, 6.07) is 9.43. The summed E-state index contributed by atoms with van der Waals surface area (Å²) >= 11 is 3.38. The molecule has 0 aliphatic heterocycles. The van der Waals surface area contributed by atoms with Crippen molar-refractivity contribution in [2.24, 2.45) is 0 Å². The average Bonchev–Trinajstić information content (AvgIpc) is 2.30. The highest BCUT2D eigenvalue weighted by molar-refractivity contribution is 9.12. The molecular weight excluding hydrogens is 271 g/mol. The lowest BCUT2D eigenvalue weighted by Crippen LogP contribution is -2.28. The van der Waals surface area contributed by atoms with E-state index in [0.29, 0.717) is 5.57 Å². The van der Waals surface area contributed by atoms with E-state index >= 15 is 0 Å². The first-order chi connectivity index (χ1) is 7.67. The topological polar surface area (TPSA) is 9.23 Å². The quantitative estimate of drug-likeness (QED) is 0.795. The molecule has 2 rings (SSSR count). The lowest BCUT2D eigenvalue weighted by molar-refractivity contribution is -0.0673. The number of methoxy groups -OCH3 is 1. The zero-order valence-electron chi connectivity index (χ0n) is 8.91. The summed E-state index contributed by atoms with van der Waals surface area (Å²) in [5, 5.41) is 0. The minimum absolute atomic E-state index is 0.239. The molecule has 1 aromatic carbocycles. The van der Waals surface area contributed by atoms with Crippen molar-refractivity contribution in [3.8, 4) is 0 Å². The smallest absolute Gasteiger partial charge is 0.240 e. The molecule has 0 aromatic heterocycles. The molecule has 0 heterocycles. The minimum atomic E-state index is -1.74. The van der Waals surface area contributed by atoms with Crippen LogP contribution in [-0.2, 0) is 4.74 Å². The van der Waals surface area contributed by atoms with Gasteiger partial charge in [-0.15, -0.1) is 0 Å². The van der Waals surface area contributed by atoms with E-state index in [-0.39, 0.29) is 6.42 Å². The maximum Gasteiger partial charge on any atom is 0.240 e. The van der Waals surface area contributed by atoms with Gasteiger partial charge in [0.05, 0.1) is 0 Å². The molecular formula is C13H12BrFO. The Morgan fingerprint density at radius 1 is 1.31 bits per heavy atom. The summed E-state index contributed by atoms with van der Waals surface area (Å²) in [5.41, 5.74) is 1.39. The molecule has 0 bridgehead atoms. The third kappa shape index (κ3) is 1.97. The molecule has 0 fully saturated rings. The van der Waals surface area contributed by atoms with Crippen LogP contribution < -0.4 is 0 Å². The molecule has 3 heteroatoms. The predicted octanol–water partition coefficient (Wildman–Crippen LogP) is 4.06. The van der Waals surface area contributed by atoms with Crippen LogP contribution in [0.5, 0.6) is 0 Å². The fourth-order valence-electron chi connectivity index (χ4n) is 1.82. The van der Waals surface area contributed by atoms with E-state index in [2.05, 4.69) is 15.9 Å². The highest BCUT2D eigenvalue weighted by Gasteiger charge is 2.37. The first-order valence-corrected chi connectivity index (χ1v) is 5.83. The Hall–Kier alpha value is -0.930. The summed E-state index contributed by atoms with van der Waals surface area (Å²) < 4.78 is 20.3. The Morgan fingerprint density at radius 3 is 2.62 bits per heavy atom. The molecule has 0 saturated carbocycles. The first-order valence-electron chi connectivity index (χ1n) is 5.03. The standard InChI is InChI=1S/C13H12BrFO/c1-16-13(15)9-5-8-11(14)12(13)10-6-3-2-4-7-10/h2-8H,9H2,1H3. The second-order valence-electron chi connectivity index (χ2n) is 3.63. The molecule has 0 radical (unpaired) electrons. The number of benzene rings is 1. The van der Waals surface area contributed by atoms with Gasteiger partial charge in [0.25, 0.3) is 0 Å². The van der Waals surface area contributed by atoms with E-state index in [4.69, 9.17) is 4.74 Å². The van der Waals surface area contributed by atoms with Crippen LogP contribution >= 0.6 is 15.9 Å². The molecule has 1 aliphatic rings. The summed E-state index contributed by atoms with van der Waals surface area (Å²) in [6.45, 7) is 0. The molecule has 1 unspecified atom stereocenters. The lowest BCUT2D eigenvalue weighted by atomic mass is 9.92. The monoisotopic (exact) mass is 282 g/mol. The molecule has 0 saturated heterocycles. The lowest BCUT2D eigenvalue weighted by Gasteiger charge is -2.29. The predicted molar refractivity (Wildman–Crippen MR) is 66.9 cm³/mol. The highest BCUT2D eigenvalue weighted by Crippen LogP contribution is 2.42. The van der Waals surface area contributed by atoms with Crippen LogP contribution in [0.25, 0.3) is 5.57 Å². The second kappa shape index (κ2) is 4.52. The van der Waals surface area contributed by atoms with Crippen molar-refractivity contribution in [2.75, 3.05) is 7.11 Å². The number of alkyl halides is 1. The van der Waals surface area contributed by atoms with Crippen LogP contribution in [-0.4, -0.2) is 13.0 Å². The van der Waals surface area contributed by atoms with Crippen LogP contribution in [0.3, 0.4) is 0 Å². The summed E-state index contributed by atoms with van der Waals surface area (Å²) in [7, 11) is 1.39. The van der Waals surface area contributed by atoms with Gasteiger partial charge in [-0.25, -0.2) is 4.39 Å². The Labute approximate surface area is 103 Å². The summed E-state index contributed by atoms with van der Waals surface area (Å²) in [6.07, 6.45) is 3.86. The Morgan fingerprint density at radius 2 is 2.00 bits per heavy atom. The number of allylic oxidation sites excluding steroid dienone is 2.